The summed E-state index contributed by atoms with van der Waals surface area (Å²) in [6.07, 6.45) is 5.28. The topological polar surface area (TPSA) is 52.7 Å². The molecule has 3 heterocycles. The van der Waals surface area contributed by atoms with E-state index in [1.54, 1.807) is 0 Å². The molecule has 0 radical (unpaired) electrons. The van der Waals surface area contributed by atoms with Crippen molar-refractivity contribution in [1.82, 2.24) is 19.3 Å². The molecule has 0 amide bonds. The third-order valence-corrected chi connectivity index (χ3v) is 6.79. The Bertz CT molecular complexity index is 1040. The molecule has 2 aromatic heterocycles. The van der Waals surface area contributed by atoms with Gasteiger partial charge in [0.2, 0.25) is 0 Å². The van der Waals surface area contributed by atoms with Crippen molar-refractivity contribution >= 4 is 17.5 Å². The lowest BCUT2D eigenvalue weighted by Gasteiger charge is -2.10. The second kappa shape index (κ2) is 9.16. The Kier molecular flexibility index (Phi) is 6.37. The highest BCUT2D eigenvalue weighted by molar-refractivity contribution is 7.99. The van der Waals surface area contributed by atoms with E-state index in [1.807, 2.05) is 32.0 Å². The first-order valence-electron chi connectivity index (χ1n) is 10.5. The molecule has 1 aromatic carbocycles. The SMILES string of the molecule is Cc1cc(C(=O)CSc2nnc3n2CCCCC3)c(C)n1CCc1ccc(F)cc1. The second-order valence-corrected chi connectivity index (χ2v) is 8.83. The van der Waals surface area contributed by atoms with E-state index >= 15 is 0 Å². The van der Waals surface area contributed by atoms with E-state index in [4.69, 9.17) is 0 Å². The Morgan fingerprint density at radius 2 is 1.93 bits per heavy atom. The predicted molar refractivity (Wildman–Crippen MR) is 117 cm³/mol. The van der Waals surface area contributed by atoms with Gasteiger partial charge in [0.15, 0.2) is 10.9 Å². The molecule has 7 heteroatoms. The number of fused-ring (bicyclic) bond motifs is 1. The van der Waals surface area contributed by atoms with Crippen LogP contribution in [0.5, 0.6) is 0 Å². The molecule has 0 unspecified atom stereocenters. The Balaban J connectivity index is 1.41. The maximum Gasteiger partial charge on any atom is 0.191 e. The van der Waals surface area contributed by atoms with Crippen molar-refractivity contribution in [3.05, 3.63) is 64.5 Å². The zero-order valence-corrected chi connectivity index (χ0v) is 18.3. The third-order valence-electron chi connectivity index (χ3n) is 5.82. The Morgan fingerprint density at radius 1 is 1.13 bits per heavy atom. The lowest BCUT2D eigenvalue weighted by molar-refractivity contribution is 0.102. The van der Waals surface area contributed by atoms with Crippen molar-refractivity contribution in [3.8, 4) is 0 Å². The van der Waals surface area contributed by atoms with Gasteiger partial charge < -0.3 is 9.13 Å². The van der Waals surface area contributed by atoms with Crippen molar-refractivity contribution in [1.29, 1.82) is 0 Å². The van der Waals surface area contributed by atoms with Crippen LogP contribution in [-0.4, -0.2) is 30.9 Å². The van der Waals surface area contributed by atoms with Crippen LogP contribution in [0.2, 0.25) is 0 Å². The van der Waals surface area contributed by atoms with Gasteiger partial charge in [-0.2, -0.15) is 0 Å². The normalized spacial score (nSPS) is 13.8. The summed E-state index contributed by atoms with van der Waals surface area (Å²) in [4.78, 5) is 12.9. The minimum Gasteiger partial charge on any atom is -0.348 e. The molecule has 0 spiro atoms. The Hall–Kier alpha value is -2.41. The number of halogens is 1. The van der Waals surface area contributed by atoms with E-state index in [0.717, 1.165) is 72.3 Å². The van der Waals surface area contributed by atoms with Gasteiger partial charge in [0, 0.05) is 36.5 Å². The Labute approximate surface area is 180 Å². The zero-order chi connectivity index (χ0) is 21.1. The fourth-order valence-corrected chi connectivity index (χ4v) is 4.96. The van der Waals surface area contributed by atoms with Crippen LogP contribution in [0.15, 0.2) is 35.5 Å². The average molecular weight is 427 g/mol. The average Bonchev–Trinajstić information content (AvgIpc) is 3.15. The molecule has 3 aromatic rings. The minimum atomic E-state index is -0.220. The molecule has 30 heavy (non-hydrogen) atoms. The predicted octanol–water partition coefficient (Wildman–Crippen LogP) is 4.78. The second-order valence-electron chi connectivity index (χ2n) is 7.89. The van der Waals surface area contributed by atoms with Crippen LogP contribution in [0.1, 0.15) is 52.4 Å². The van der Waals surface area contributed by atoms with Crippen LogP contribution in [0.4, 0.5) is 4.39 Å². The van der Waals surface area contributed by atoms with Crippen LogP contribution < -0.4 is 0 Å². The fourth-order valence-electron chi connectivity index (χ4n) is 4.09. The van der Waals surface area contributed by atoms with Crippen LogP contribution in [-0.2, 0) is 25.9 Å². The quantitative estimate of drug-likeness (QED) is 0.403. The van der Waals surface area contributed by atoms with E-state index in [9.17, 15) is 9.18 Å². The molecule has 0 aliphatic carbocycles. The first kappa shape index (κ1) is 20.8. The Morgan fingerprint density at radius 3 is 2.73 bits per heavy atom. The van der Waals surface area contributed by atoms with Crippen LogP contribution in [0.3, 0.4) is 0 Å². The first-order chi connectivity index (χ1) is 14.5. The van der Waals surface area contributed by atoms with E-state index < -0.39 is 0 Å². The van der Waals surface area contributed by atoms with Gasteiger partial charge >= 0.3 is 0 Å². The summed E-state index contributed by atoms with van der Waals surface area (Å²) in [5.41, 5.74) is 3.91. The number of thioether (sulfide) groups is 1. The number of benzene rings is 1. The van der Waals surface area contributed by atoms with Gasteiger partial charge in [-0.25, -0.2) is 4.39 Å². The van der Waals surface area contributed by atoms with Crippen molar-refractivity contribution in [2.75, 3.05) is 5.75 Å². The van der Waals surface area contributed by atoms with Crippen molar-refractivity contribution in [2.45, 2.75) is 64.2 Å². The van der Waals surface area contributed by atoms with Crippen molar-refractivity contribution in [3.63, 3.8) is 0 Å². The molecule has 0 saturated heterocycles. The smallest absolute Gasteiger partial charge is 0.191 e. The molecule has 0 bridgehead atoms. The molecule has 5 nitrogen and oxygen atoms in total. The molecule has 0 saturated carbocycles. The molecule has 1 aliphatic rings. The summed E-state index contributed by atoms with van der Waals surface area (Å²) in [6.45, 7) is 5.73. The summed E-state index contributed by atoms with van der Waals surface area (Å²) >= 11 is 1.48. The summed E-state index contributed by atoms with van der Waals surface area (Å²) in [5.74, 6) is 1.30. The highest BCUT2D eigenvalue weighted by atomic mass is 32.2. The van der Waals surface area contributed by atoms with E-state index in [2.05, 4.69) is 19.3 Å². The summed E-state index contributed by atoms with van der Waals surface area (Å²) in [6, 6.07) is 8.58. The van der Waals surface area contributed by atoms with Crippen LogP contribution in [0.25, 0.3) is 0 Å². The fraction of sp³-hybridized carbons (Fsp3) is 0.435. The van der Waals surface area contributed by atoms with Crippen LogP contribution in [0, 0.1) is 19.7 Å². The van der Waals surface area contributed by atoms with Gasteiger partial charge in [-0.1, -0.05) is 30.3 Å². The highest BCUT2D eigenvalue weighted by Gasteiger charge is 2.19. The van der Waals surface area contributed by atoms with Gasteiger partial charge in [-0.15, -0.1) is 10.2 Å². The van der Waals surface area contributed by atoms with Crippen molar-refractivity contribution < 1.29 is 9.18 Å². The standard InChI is InChI=1S/C23H27FN4OS/c1-16-14-20(17(2)27(16)13-11-18-7-9-19(24)10-8-18)21(29)15-30-23-26-25-22-6-4-3-5-12-28(22)23/h7-10,14H,3-6,11-13,15H2,1-2H3. The van der Waals surface area contributed by atoms with Gasteiger partial charge in [0.1, 0.15) is 11.6 Å². The number of rotatable bonds is 7. The summed E-state index contributed by atoms with van der Waals surface area (Å²) < 4.78 is 17.5. The van der Waals surface area contributed by atoms with E-state index in [-0.39, 0.29) is 11.6 Å². The molecule has 0 N–H and O–H groups in total. The maximum absolute atomic E-state index is 13.1. The summed E-state index contributed by atoms with van der Waals surface area (Å²) in [7, 11) is 0. The maximum atomic E-state index is 13.1. The molecular formula is C23H27FN4OS. The lowest BCUT2D eigenvalue weighted by Crippen LogP contribution is -2.09. The molecule has 4 rings (SSSR count). The van der Waals surface area contributed by atoms with Gasteiger partial charge in [0.05, 0.1) is 5.75 Å². The number of ketones is 1. The number of carbonyl (C=O) groups is 1. The highest BCUT2D eigenvalue weighted by Crippen LogP contribution is 2.24. The number of aryl methyl sites for hydroxylation is 3. The van der Waals surface area contributed by atoms with Gasteiger partial charge in [0.25, 0.3) is 0 Å². The van der Waals surface area contributed by atoms with E-state index in [0.29, 0.717) is 5.75 Å². The number of aromatic nitrogens is 4. The number of Topliss-reactive ketones (excluding diaryl/α,β-unsaturated/α-hetero) is 1. The first-order valence-corrected chi connectivity index (χ1v) is 11.5. The lowest BCUT2D eigenvalue weighted by atomic mass is 10.1. The molecule has 0 atom stereocenters. The third kappa shape index (κ3) is 4.51. The number of carbonyl (C=O) groups excluding carboxylic acids is 1. The monoisotopic (exact) mass is 426 g/mol. The van der Waals surface area contributed by atoms with E-state index in [1.165, 1.54) is 30.3 Å². The molecule has 0 fully saturated rings. The summed E-state index contributed by atoms with van der Waals surface area (Å²) in [5, 5.41) is 9.48. The number of hydrogen-bond donors (Lipinski definition) is 0. The minimum absolute atomic E-state index is 0.118. The van der Waals surface area contributed by atoms with Gasteiger partial charge in [-0.05, 0) is 56.9 Å². The number of nitrogens with zero attached hydrogens (tertiary/aromatic N) is 4. The number of hydrogen-bond acceptors (Lipinski definition) is 4. The molecular weight excluding hydrogens is 399 g/mol. The van der Waals surface area contributed by atoms with Crippen molar-refractivity contribution in [2.24, 2.45) is 0 Å². The largest absolute Gasteiger partial charge is 0.348 e. The van der Waals surface area contributed by atoms with Crippen LogP contribution >= 0.6 is 11.8 Å². The molecule has 158 valence electrons. The van der Waals surface area contributed by atoms with Gasteiger partial charge in [-0.3, -0.25) is 4.79 Å². The molecule has 1 aliphatic heterocycles. The zero-order valence-electron chi connectivity index (χ0n) is 17.5.